The van der Waals surface area contributed by atoms with Gasteiger partial charge in [-0.3, -0.25) is 9.78 Å². The lowest BCUT2D eigenvalue weighted by Gasteiger charge is -2.27. The van der Waals surface area contributed by atoms with E-state index in [1.54, 1.807) is 12.3 Å². The monoisotopic (exact) mass is 241 g/mol. The predicted molar refractivity (Wildman–Crippen MR) is 68.1 cm³/mol. The molecule has 0 aromatic carbocycles. The van der Waals surface area contributed by atoms with Crippen LogP contribution in [-0.4, -0.2) is 26.9 Å². The maximum absolute atomic E-state index is 12.3. The molecule has 0 aliphatic carbocycles. The molecule has 0 bridgehead atoms. The fraction of sp³-hybridized carbons (Fsp3) is 0.286. The van der Waals surface area contributed by atoms with Gasteiger partial charge >= 0.3 is 0 Å². The summed E-state index contributed by atoms with van der Waals surface area (Å²) in [7, 11) is 2.05. The molecule has 2 aromatic rings. The van der Waals surface area contributed by atoms with Gasteiger partial charge in [0.15, 0.2) is 0 Å². The molecule has 4 nitrogen and oxygen atoms in total. The Morgan fingerprint density at radius 1 is 1.33 bits per heavy atom. The third-order valence-corrected chi connectivity index (χ3v) is 3.45. The van der Waals surface area contributed by atoms with Gasteiger partial charge in [-0.1, -0.05) is 6.07 Å². The van der Waals surface area contributed by atoms with Crippen molar-refractivity contribution in [2.75, 3.05) is 6.54 Å². The van der Waals surface area contributed by atoms with E-state index in [1.807, 2.05) is 17.0 Å². The van der Waals surface area contributed by atoms with Crippen LogP contribution in [0.5, 0.6) is 0 Å². The second-order valence-electron chi connectivity index (χ2n) is 4.59. The Morgan fingerprint density at radius 3 is 3.00 bits per heavy atom. The standard InChI is InChI=1S/C14H15N3O/c1-16-8-5-11-10-17(9-6-13(11)16)14(18)12-4-2-3-7-15-12/h2-5,7-8H,6,9-10H2,1H3. The van der Waals surface area contributed by atoms with Crippen molar-refractivity contribution in [3.8, 4) is 0 Å². The second kappa shape index (κ2) is 4.29. The average Bonchev–Trinajstić information content (AvgIpc) is 2.80. The zero-order chi connectivity index (χ0) is 12.5. The highest BCUT2D eigenvalue weighted by atomic mass is 16.2. The number of nitrogens with zero attached hydrogens (tertiary/aromatic N) is 3. The number of hydrogen-bond acceptors (Lipinski definition) is 2. The number of rotatable bonds is 1. The maximum Gasteiger partial charge on any atom is 0.272 e. The van der Waals surface area contributed by atoms with Crippen LogP contribution in [0.15, 0.2) is 36.7 Å². The summed E-state index contributed by atoms with van der Waals surface area (Å²) in [5.74, 6) is 0.0186. The minimum atomic E-state index is 0.0186. The topological polar surface area (TPSA) is 38.1 Å². The summed E-state index contributed by atoms with van der Waals surface area (Å²) in [5.41, 5.74) is 3.10. The van der Waals surface area contributed by atoms with Crippen LogP contribution >= 0.6 is 0 Å². The molecule has 0 saturated carbocycles. The van der Waals surface area contributed by atoms with Gasteiger partial charge in [0, 0.05) is 44.6 Å². The number of carbonyl (C=O) groups is 1. The van der Waals surface area contributed by atoms with E-state index in [0.29, 0.717) is 12.2 Å². The average molecular weight is 241 g/mol. The molecule has 4 heteroatoms. The first-order chi connectivity index (χ1) is 8.75. The molecule has 18 heavy (non-hydrogen) atoms. The molecular weight excluding hydrogens is 226 g/mol. The van der Waals surface area contributed by atoms with E-state index in [9.17, 15) is 4.79 Å². The van der Waals surface area contributed by atoms with E-state index >= 15 is 0 Å². The lowest BCUT2D eigenvalue weighted by atomic mass is 10.1. The van der Waals surface area contributed by atoms with Crippen LogP contribution in [0.4, 0.5) is 0 Å². The summed E-state index contributed by atoms with van der Waals surface area (Å²) >= 11 is 0. The van der Waals surface area contributed by atoms with Crippen LogP contribution < -0.4 is 0 Å². The minimum Gasteiger partial charge on any atom is -0.354 e. The zero-order valence-corrected chi connectivity index (χ0v) is 10.3. The van der Waals surface area contributed by atoms with Crippen molar-refractivity contribution in [1.82, 2.24) is 14.5 Å². The van der Waals surface area contributed by atoms with Gasteiger partial charge in [-0.05, 0) is 23.8 Å². The van der Waals surface area contributed by atoms with Gasteiger partial charge in [0.1, 0.15) is 5.69 Å². The van der Waals surface area contributed by atoms with Gasteiger partial charge in [-0.2, -0.15) is 0 Å². The van der Waals surface area contributed by atoms with Crippen molar-refractivity contribution in [1.29, 1.82) is 0 Å². The van der Waals surface area contributed by atoms with Crippen molar-refractivity contribution < 1.29 is 4.79 Å². The maximum atomic E-state index is 12.3. The Morgan fingerprint density at radius 2 is 2.22 bits per heavy atom. The van der Waals surface area contributed by atoms with E-state index in [0.717, 1.165) is 13.0 Å². The minimum absolute atomic E-state index is 0.0186. The second-order valence-corrected chi connectivity index (χ2v) is 4.59. The molecule has 0 radical (unpaired) electrons. The molecule has 0 N–H and O–H groups in total. The summed E-state index contributed by atoms with van der Waals surface area (Å²) in [6.45, 7) is 1.45. The Labute approximate surface area is 106 Å². The summed E-state index contributed by atoms with van der Waals surface area (Å²) in [4.78, 5) is 18.3. The van der Waals surface area contributed by atoms with E-state index < -0.39 is 0 Å². The predicted octanol–water partition coefficient (Wildman–Crippen LogP) is 1.62. The molecule has 0 saturated heterocycles. The fourth-order valence-electron chi connectivity index (χ4n) is 2.45. The van der Waals surface area contributed by atoms with Gasteiger partial charge in [-0.25, -0.2) is 0 Å². The van der Waals surface area contributed by atoms with Gasteiger partial charge < -0.3 is 9.47 Å². The largest absolute Gasteiger partial charge is 0.354 e. The number of aromatic nitrogens is 2. The van der Waals surface area contributed by atoms with Crippen LogP contribution in [0.3, 0.4) is 0 Å². The van der Waals surface area contributed by atoms with E-state index in [1.165, 1.54) is 11.3 Å². The molecule has 1 amide bonds. The number of pyridine rings is 1. The molecular formula is C14H15N3O. The smallest absolute Gasteiger partial charge is 0.272 e. The quantitative estimate of drug-likeness (QED) is 0.761. The summed E-state index contributed by atoms with van der Waals surface area (Å²) in [6, 6.07) is 7.52. The Hall–Kier alpha value is -2.10. The number of hydrogen-bond donors (Lipinski definition) is 0. The first kappa shape index (κ1) is 11.0. The highest BCUT2D eigenvalue weighted by Gasteiger charge is 2.23. The van der Waals surface area contributed by atoms with Crippen LogP contribution in [-0.2, 0) is 20.0 Å². The Balaban J connectivity index is 1.82. The SMILES string of the molecule is Cn1ccc2c1CCN(C(=O)c1ccccn1)C2. The lowest BCUT2D eigenvalue weighted by Crippen LogP contribution is -2.36. The van der Waals surface area contributed by atoms with Gasteiger partial charge in [0.2, 0.25) is 0 Å². The molecule has 0 atom stereocenters. The van der Waals surface area contributed by atoms with Crippen molar-refractivity contribution in [2.45, 2.75) is 13.0 Å². The van der Waals surface area contributed by atoms with Crippen LogP contribution in [0.2, 0.25) is 0 Å². The van der Waals surface area contributed by atoms with E-state index in [4.69, 9.17) is 0 Å². The number of fused-ring (bicyclic) bond motifs is 1. The number of amides is 1. The fourth-order valence-corrected chi connectivity index (χ4v) is 2.45. The van der Waals surface area contributed by atoms with Crippen LogP contribution in [0, 0.1) is 0 Å². The van der Waals surface area contributed by atoms with Crippen molar-refractivity contribution in [3.05, 3.63) is 53.6 Å². The van der Waals surface area contributed by atoms with Crippen molar-refractivity contribution in [2.24, 2.45) is 7.05 Å². The van der Waals surface area contributed by atoms with Crippen LogP contribution in [0.25, 0.3) is 0 Å². The molecule has 1 aliphatic heterocycles. The molecule has 2 aromatic heterocycles. The van der Waals surface area contributed by atoms with Crippen molar-refractivity contribution >= 4 is 5.91 Å². The third kappa shape index (κ3) is 1.79. The summed E-state index contributed by atoms with van der Waals surface area (Å²) in [5, 5.41) is 0. The van der Waals surface area contributed by atoms with Gasteiger partial charge in [0.05, 0.1) is 0 Å². The van der Waals surface area contributed by atoms with E-state index in [2.05, 4.69) is 28.9 Å². The summed E-state index contributed by atoms with van der Waals surface area (Å²) in [6.07, 6.45) is 4.63. The van der Waals surface area contributed by atoms with E-state index in [-0.39, 0.29) is 5.91 Å². The molecule has 92 valence electrons. The third-order valence-electron chi connectivity index (χ3n) is 3.45. The normalized spacial score (nSPS) is 14.4. The van der Waals surface area contributed by atoms with Crippen LogP contribution in [0.1, 0.15) is 21.7 Å². The van der Waals surface area contributed by atoms with Gasteiger partial charge in [-0.15, -0.1) is 0 Å². The Kier molecular flexibility index (Phi) is 2.63. The first-order valence-electron chi connectivity index (χ1n) is 6.09. The number of carbonyl (C=O) groups excluding carboxylic acids is 1. The van der Waals surface area contributed by atoms with Gasteiger partial charge in [0.25, 0.3) is 5.91 Å². The summed E-state index contributed by atoms with van der Waals surface area (Å²) < 4.78 is 2.14. The Bertz CT molecular complexity index is 574. The number of aryl methyl sites for hydroxylation is 1. The zero-order valence-electron chi connectivity index (χ0n) is 10.3. The first-order valence-corrected chi connectivity index (χ1v) is 6.09. The highest BCUT2D eigenvalue weighted by Crippen LogP contribution is 2.20. The highest BCUT2D eigenvalue weighted by molar-refractivity contribution is 5.92. The molecule has 1 aliphatic rings. The molecule has 3 rings (SSSR count). The molecule has 3 heterocycles. The lowest BCUT2D eigenvalue weighted by molar-refractivity contribution is 0.0727. The molecule has 0 fully saturated rings. The molecule has 0 spiro atoms. The van der Waals surface area contributed by atoms with Crippen molar-refractivity contribution in [3.63, 3.8) is 0 Å². The molecule has 0 unspecified atom stereocenters.